The fourth-order valence-corrected chi connectivity index (χ4v) is 5.97. The maximum atomic E-state index is 13.4. The highest BCUT2D eigenvalue weighted by Crippen LogP contribution is 2.46. The van der Waals surface area contributed by atoms with Crippen LogP contribution in [0.5, 0.6) is 11.5 Å². The zero-order chi connectivity index (χ0) is 24.8. The molecule has 182 valence electrons. The molecular weight excluding hydrogens is 474 g/mol. The molecule has 4 aromatic rings. The van der Waals surface area contributed by atoms with Gasteiger partial charge in [-0.1, -0.05) is 18.2 Å². The number of nitrogens with zero attached hydrogens (tertiary/aromatic N) is 2. The van der Waals surface area contributed by atoms with Crippen molar-refractivity contribution < 1.29 is 14.3 Å². The number of carbonyl (C=O) groups excluding carboxylic acids is 2. The molecule has 3 heterocycles. The molecule has 0 saturated heterocycles. The first kappa shape index (κ1) is 22.5. The molecule has 2 atom stereocenters. The van der Waals surface area contributed by atoms with Gasteiger partial charge in [0.25, 0.3) is 5.91 Å². The molecule has 2 aromatic carbocycles. The maximum absolute atomic E-state index is 13.4. The minimum atomic E-state index is -0.329. The molecule has 1 fully saturated rings. The number of carbonyl (C=O) groups is 2. The lowest BCUT2D eigenvalue weighted by atomic mass is 10.1. The van der Waals surface area contributed by atoms with Crippen LogP contribution in [0.15, 0.2) is 60.8 Å². The van der Waals surface area contributed by atoms with Crippen LogP contribution in [0.2, 0.25) is 0 Å². The molecule has 1 saturated carbocycles. The van der Waals surface area contributed by atoms with Crippen molar-refractivity contribution in [1.29, 1.82) is 0 Å². The lowest BCUT2D eigenvalue weighted by Crippen LogP contribution is -2.36. The quantitative estimate of drug-likeness (QED) is 0.327. The number of hydrogen-bond acceptors (Lipinski definition) is 6. The van der Waals surface area contributed by atoms with Crippen LogP contribution < -0.4 is 26.0 Å². The lowest BCUT2D eigenvalue weighted by molar-refractivity contribution is 0.0942. The standard InChI is InChI=1S/C27H25N5O3S/c1-15-13-19(35-18-5-3-2-4-6-18)9-10-20(15)32-21-11-12-29-26-22(21)23(31-27(32)34)24(36-26)25(33)30-17-8-7-16(28)14-17/h2-6,9-13,16-17H,7-8,14,28H2,1H3,(H,30,33)(H,31,34)/t16-,17-/m1/s1. The normalized spacial score (nSPS) is 18.8. The van der Waals surface area contributed by atoms with Gasteiger partial charge < -0.3 is 21.1 Å². The summed E-state index contributed by atoms with van der Waals surface area (Å²) in [6, 6.07) is 16.8. The summed E-state index contributed by atoms with van der Waals surface area (Å²) in [6.45, 7) is 1.94. The van der Waals surface area contributed by atoms with Crippen LogP contribution in [-0.2, 0) is 0 Å². The van der Waals surface area contributed by atoms with Crippen molar-refractivity contribution >= 4 is 50.6 Å². The summed E-state index contributed by atoms with van der Waals surface area (Å²) in [5.41, 5.74) is 8.81. The summed E-state index contributed by atoms with van der Waals surface area (Å²) >= 11 is 1.29. The summed E-state index contributed by atoms with van der Waals surface area (Å²) in [7, 11) is 0. The number of aromatic nitrogens is 1. The third-order valence-electron chi connectivity index (χ3n) is 6.65. The molecule has 8 nitrogen and oxygen atoms in total. The van der Waals surface area contributed by atoms with E-state index in [1.807, 2.05) is 61.5 Å². The van der Waals surface area contributed by atoms with Crippen molar-refractivity contribution in [2.45, 2.75) is 38.3 Å². The van der Waals surface area contributed by atoms with Gasteiger partial charge in [-0.25, -0.2) is 9.78 Å². The lowest BCUT2D eigenvalue weighted by Gasteiger charge is -2.29. The first-order valence-corrected chi connectivity index (χ1v) is 12.7. The molecule has 0 bridgehead atoms. The number of benzene rings is 2. The topological polar surface area (TPSA) is 110 Å². The van der Waals surface area contributed by atoms with E-state index < -0.39 is 0 Å². The van der Waals surface area contributed by atoms with Gasteiger partial charge >= 0.3 is 6.03 Å². The van der Waals surface area contributed by atoms with Gasteiger partial charge in [0.2, 0.25) is 0 Å². The summed E-state index contributed by atoms with van der Waals surface area (Å²) in [5.74, 6) is 1.22. The van der Waals surface area contributed by atoms with Crippen molar-refractivity contribution in [1.82, 2.24) is 10.3 Å². The number of ether oxygens (including phenoxy) is 1. The monoisotopic (exact) mass is 499 g/mol. The zero-order valence-electron chi connectivity index (χ0n) is 19.7. The van der Waals surface area contributed by atoms with E-state index in [4.69, 9.17) is 10.5 Å². The number of nitrogens with one attached hydrogen (secondary N) is 2. The Morgan fingerprint density at radius 3 is 2.72 bits per heavy atom. The van der Waals surface area contributed by atoms with Gasteiger partial charge in [0.15, 0.2) is 0 Å². The third kappa shape index (κ3) is 3.96. The Labute approximate surface area is 212 Å². The van der Waals surface area contributed by atoms with E-state index in [2.05, 4.69) is 15.6 Å². The number of amides is 3. The molecule has 2 aromatic heterocycles. The molecule has 1 aliphatic carbocycles. The number of urea groups is 1. The molecule has 0 unspecified atom stereocenters. The van der Waals surface area contributed by atoms with Crippen molar-refractivity contribution in [3.63, 3.8) is 0 Å². The number of hydrogen-bond donors (Lipinski definition) is 3. The first-order valence-electron chi connectivity index (χ1n) is 11.9. The highest BCUT2D eigenvalue weighted by atomic mass is 32.1. The van der Waals surface area contributed by atoms with Gasteiger partial charge in [-0.3, -0.25) is 9.69 Å². The van der Waals surface area contributed by atoms with Crippen LogP contribution in [0.4, 0.5) is 21.9 Å². The second kappa shape index (κ2) is 8.92. The van der Waals surface area contributed by atoms with E-state index in [1.165, 1.54) is 11.3 Å². The fourth-order valence-electron chi connectivity index (χ4n) is 4.95. The summed E-state index contributed by atoms with van der Waals surface area (Å²) in [6.07, 6.45) is 4.19. The Kier molecular flexibility index (Phi) is 5.58. The highest BCUT2D eigenvalue weighted by molar-refractivity contribution is 7.21. The van der Waals surface area contributed by atoms with E-state index in [1.54, 1.807) is 11.1 Å². The molecule has 9 heteroatoms. The summed E-state index contributed by atoms with van der Waals surface area (Å²) in [5, 5.41) is 6.80. The van der Waals surface area contributed by atoms with Gasteiger partial charge in [-0.15, -0.1) is 11.3 Å². The Morgan fingerprint density at radius 1 is 1.14 bits per heavy atom. The van der Waals surface area contributed by atoms with Gasteiger partial charge in [0, 0.05) is 18.3 Å². The summed E-state index contributed by atoms with van der Waals surface area (Å²) in [4.78, 5) is 33.8. The molecule has 6 rings (SSSR count). The Morgan fingerprint density at radius 2 is 1.97 bits per heavy atom. The Balaban J connectivity index is 1.34. The number of thiophene rings is 1. The maximum Gasteiger partial charge on any atom is 0.331 e. The van der Waals surface area contributed by atoms with E-state index in [0.717, 1.165) is 41.6 Å². The van der Waals surface area contributed by atoms with Crippen molar-refractivity contribution in [2.75, 3.05) is 10.2 Å². The molecule has 1 aliphatic heterocycles. The van der Waals surface area contributed by atoms with E-state index >= 15 is 0 Å². The van der Waals surface area contributed by atoms with E-state index in [-0.39, 0.29) is 24.0 Å². The van der Waals surface area contributed by atoms with Gasteiger partial charge in [-0.2, -0.15) is 0 Å². The predicted molar refractivity (Wildman–Crippen MR) is 142 cm³/mol. The number of nitrogens with two attached hydrogens (primary N) is 1. The smallest absolute Gasteiger partial charge is 0.331 e. The number of rotatable bonds is 5. The Bertz CT molecular complexity index is 1490. The minimum Gasteiger partial charge on any atom is -0.457 e. The first-order chi connectivity index (χ1) is 17.5. The van der Waals surface area contributed by atoms with Crippen LogP contribution >= 0.6 is 11.3 Å². The Hall–Kier alpha value is -3.95. The second-order valence-corrected chi connectivity index (χ2v) is 10.2. The SMILES string of the molecule is Cc1cc(Oc2ccccc2)ccc1N1C(=O)Nc2c(C(=O)N[C@@H]3CC[C@@H](N)C3)sc3nccc1c23. The average molecular weight is 500 g/mol. The largest absolute Gasteiger partial charge is 0.457 e. The number of pyridine rings is 1. The molecule has 2 aliphatic rings. The van der Waals surface area contributed by atoms with Crippen molar-refractivity contribution in [2.24, 2.45) is 5.73 Å². The van der Waals surface area contributed by atoms with Crippen molar-refractivity contribution in [3.8, 4) is 11.5 Å². The number of anilines is 3. The average Bonchev–Trinajstić information content (AvgIpc) is 3.44. The van der Waals surface area contributed by atoms with Gasteiger partial charge in [0.05, 0.1) is 22.4 Å². The molecule has 0 spiro atoms. The van der Waals surface area contributed by atoms with E-state index in [0.29, 0.717) is 26.8 Å². The summed E-state index contributed by atoms with van der Waals surface area (Å²) < 4.78 is 5.95. The molecule has 4 N–H and O–H groups in total. The van der Waals surface area contributed by atoms with Crippen LogP contribution in [0.1, 0.15) is 34.5 Å². The van der Waals surface area contributed by atoms with Crippen molar-refractivity contribution in [3.05, 3.63) is 71.2 Å². The van der Waals surface area contributed by atoms with Crippen LogP contribution in [0.25, 0.3) is 10.2 Å². The van der Waals surface area contributed by atoms with Crippen LogP contribution in [0.3, 0.4) is 0 Å². The van der Waals surface area contributed by atoms with E-state index in [9.17, 15) is 9.59 Å². The fraction of sp³-hybridized carbons (Fsp3) is 0.222. The highest BCUT2D eigenvalue weighted by Gasteiger charge is 2.34. The molecule has 0 radical (unpaired) electrons. The molecular formula is C27H25N5O3S. The van der Waals surface area contributed by atoms with Gasteiger partial charge in [-0.05, 0) is 68.1 Å². The van der Waals surface area contributed by atoms with Gasteiger partial charge in [0.1, 0.15) is 21.2 Å². The van der Waals surface area contributed by atoms with Crippen LogP contribution in [-0.4, -0.2) is 29.0 Å². The molecule has 3 amide bonds. The number of para-hydroxylation sites is 1. The number of aryl methyl sites for hydroxylation is 1. The predicted octanol–water partition coefficient (Wildman–Crippen LogP) is 5.69. The van der Waals surface area contributed by atoms with Crippen LogP contribution in [0, 0.1) is 6.92 Å². The third-order valence-corrected chi connectivity index (χ3v) is 7.75. The minimum absolute atomic E-state index is 0.0485. The zero-order valence-corrected chi connectivity index (χ0v) is 20.5. The molecule has 36 heavy (non-hydrogen) atoms. The second-order valence-electron chi connectivity index (χ2n) is 9.19.